The van der Waals surface area contributed by atoms with E-state index in [2.05, 4.69) is 5.10 Å². The molecule has 1 heterocycles. The molecule has 1 rings (SSSR count). The monoisotopic (exact) mass is 274 g/mol. The fourth-order valence-corrected chi connectivity index (χ4v) is 2.14. The van der Waals surface area contributed by atoms with E-state index in [4.69, 9.17) is 16.3 Å². The summed E-state index contributed by atoms with van der Waals surface area (Å²) in [4.78, 5) is 0. The van der Waals surface area contributed by atoms with Gasteiger partial charge in [0, 0.05) is 13.0 Å². The quantitative estimate of drug-likeness (QED) is 0.831. The van der Waals surface area contributed by atoms with Crippen molar-refractivity contribution in [3.63, 3.8) is 0 Å². The van der Waals surface area contributed by atoms with E-state index < -0.39 is 6.10 Å². The van der Waals surface area contributed by atoms with Crippen LogP contribution in [-0.2, 0) is 24.1 Å². The molecule has 0 aliphatic heterocycles. The van der Waals surface area contributed by atoms with E-state index in [-0.39, 0.29) is 6.10 Å². The average molecular weight is 275 g/mol. The second-order valence-electron chi connectivity index (χ2n) is 4.62. The molecule has 1 atom stereocenters. The van der Waals surface area contributed by atoms with Gasteiger partial charge in [-0.2, -0.15) is 5.10 Å². The number of nitrogens with zero attached hydrogens (tertiary/aromatic N) is 2. The topological polar surface area (TPSA) is 47.3 Å². The number of halogens is 1. The molecule has 0 amide bonds. The molecule has 1 aromatic rings. The first-order valence-corrected chi connectivity index (χ1v) is 6.91. The third kappa shape index (κ3) is 3.97. The summed E-state index contributed by atoms with van der Waals surface area (Å²) in [6.07, 6.45) is 0.859. The van der Waals surface area contributed by atoms with Gasteiger partial charge in [-0.05, 0) is 27.2 Å². The Morgan fingerprint density at radius 2 is 2.06 bits per heavy atom. The summed E-state index contributed by atoms with van der Waals surface area (Å²) in [5.74, 6) is 0. The number of aliphatic hydroxyl groups excluding tert-OH is 1. The van der Waals surface area contributed by atoms with Crippen LogP contribution in [0.2, 0.25) is 5.02 Å². The Kier molecular flexibility index (Phi) is 6.12. The fraction of sp³-hybridized carbons (Fsp3) is 0.769. The Balaban J connectivity index is 2.73. The van der Waals surface area contributed by atoms with Crippen LogP contribution in [0.5, 0.6) is 0 Å². The maximum Gasteiger partial charge on any atom is 0.0850 e. The molecule has 5 heteroatoms. The van der Waals surface area contributed by atoms with Crippen LogP contribution in [0, 0.1) is 0 Å². The second-order valence-corrected chi connectivity index (χ2v) is 4.99. The van der Waals surface area contributed by atoms with E-state index in [9.17, 15) is 5.11 Å². The van der Waals surface area contributed by atoms with Crippen molar-refractivity contribution in [1.82, 2.24) is 9.78 Å². The van der Waals surface area contributed by atoms with Crippen LogP contribution in [0.1, 0.15) is 39.1 Å². The highest BCUT2D eigenvalue weighted by Crippen LogP contribution is 2.23. The Morgan fingerprint density at radius 3 is 2.56 bits per heavy atom. The van der Waals surface area contributed by atoms with Crippen molar-refractivity contribution in [1.29, 1.82) is 0 Å². The number of ether oxygens (including phenoxy) is 1. The van der Waals surface area contributed by atoms with Gasteiger partial charge in [-0.15, -0.1) is 0 Å². The van der Waals surface area contributed by atoms with E-state index in [0.29, 0.717) is 18.1 Å². The summed E-state index contributed by atoms with van der Waals surface area (Å²) >= 11 is 6.28. The van der Waals surface area contributed by atoms with Crippen molar-refractivity contribution in [2.75, 3.05) is 6.61 Å². The van der Waals surface area contributed by atoms with Crippen molar-refractivity contribution in [2.24, 2.45) is 0 Å². The van der Waals surface area contributed by atoms with Gasteiger partial charge in [0.15, 0.2) is 0 Å². The Bertz CT molecular complexity index is 377. The largest absolute Gasteiger partial charge is 0.390 e. The molecule has 18 heavy (non-hydrogen) atoms. The lowest BCUT2D eigenvalue weighted by Crippen LogP contribution is -2.22. The molecule has 4 nitrogen and oxygen atoms in total. The Hall–Kier alpha value is -0.580. The van der Waals surface area contributed by atoms with Crippen LogP contribution in [0.15, 0.2) is 0 Å². The summed E-state index contributed by atoms with van der Waals surface area (Å²) in [5.41, 5.74) is 1.79. The zero-order chi connectivity index (χ0) is 13.7. The highest BCUT2D eigenvalue weighted by atomic mass is 35.5. The number of aryl methyl sites for hydroxylation is 2. The highest BCUT2D eigenvalue weighted by Gasteiger charge is 2.17. The van der Waals surface area contributed by atoms with Gasteiger partial charge in [-0.25, -0.2) is 0 Å². The molecular weight excluding hydrogens is 252 g/mol. The Labute approximate surface area is 114 Å². The van der Waals surface area contributed by atoms with Crippen LogP contribution < -0.4 is 0 Å². The summed E-state index contributed by atoms with van der Waals surface area (Å²) < 4.78 is 7.26. The molecular formula is C13H23ClN2O2. The SMILES string of the molecule is CCc1nn(CC)c(CC(O)COC(C)C)c1Cl. The molecule has 0 saturated carbocycles. The summed E-state index contributed by atoms with van der Waals surface area (Å²) in [6.45, 7) is 9.02. The number of hydrogen-bond donors (Lipinski definition) is 1. The second kappa shape index (κ2) is 7.12. The normalized spacial score (nSPS) is 13.3. The third-order valence-corrected chi connectivity index (χ3v) is 3.18. The van der Waals surface area contributed by atoms with Crippen LogP contribution >= 0.6 is 11.6 Å². The minimum Gasteiger partial charge on any atom is -0.390 e. The summed E-state index contributed by atoms with van der Waals surface area (Å²) in [5, 5.41) is 15.1. The Morgan fingerprint density at radius 1 is 1.39 bits per heavy atom. The van der Waals surface area contributed by atoms with Crippen molar-refractivity contribution in [3.8, 4) is 0 Å². The van der Waals surface area contributed by atoms with Gasteiger partial charge in [0.2, 0.25) is 0 Å². The van der Waals surface area contributed by atoms with Crippen molar-refractivity contribution in [2.45, 2.75) is 59.3 Å². The zero-order valence-corrected chi connectivity index (χ0v) is 12.4. The van der Waals surface area contributed by atoms with Gasteiger partial charge < -0.3 is 9.84 Å². The van der Waals surface area contributed by atoms with Gasteiger partial charge in [-0.3, -0.25) is 4.68 Å². The molecule has 0 aliphatic carbocycles. The molecule has 0 radical (unpaired) electrons. The molecule has 0 aromatic carbocycles. The molecule has 1 unspecified atom stereocenters. The maximum absolute atomic E-state index is 9.95. The molecule has 1 N–H and O–H groups in total. The van der Waals surface area contributed by atoms with Crippen molar-refractivity contribution >= 4 is 11.6 Å². The predicted molar refractivity (Wildman–Crippen MR) is 73.1 cm³/mol. The summed E-state index contributed by atoms with van der Waals surface area (Å²) in [6, 6.07) is 0. The van der Waals surface area contributed by atoms with Crippen molar-refractivity contribution in [3.05, 3.63) is 16.4 Å². The van der Waals surface area contributed by atoms with Gasteiger partial charge >= 0.3 is 0 Å². The lowest BCUT2D eigenvalue weighted by molar-refractivity contribution is 0.00551. The molecule has 0 saturated heterocycles. The molecule has 0 spiro atoms. The number of rotatable bonds is 7. The average Bonchev–Trinajstić information content (AvgIpc) is 2.63. The minimum absolute atomic E-state index is 0.123. The number of aliphatic hydroxyl groups is 1. The molecule has 0 bridgehead atoms. The zero-order valence-electron chi connectivity index (χ0n) is 11.6. The first kappa shape index (κ1) is 15.5. The van der Waals surface area contributed by atoms with E-state index in [1.54, 1.807) is 0 Å². The van der Waals surface area contributed by atoms with E-state index >= 15 is 0 Å². The summed E-state index contributed by atoms with van der Waals surface area (Å²) in [7, 11) is 0. The maximum atomic E-state index is 9.95. The molecule has 0 aliphatic rings. The van der Waals surface area contributed by atoms with Crippen LogP contribution in [-0.4, -0.2) is 33.7 Å². The smallest absolute Gasteiger partial charge is 0.0850 e. The predicted octanol–water partition coefficient (Wildman–Crippen LogP) is 2.45. The third-order valence-electron chi connectivity index (χ3n) is 2.75. The lowest BCUT2D eigenvalue weighted by Gasteiger charge is -2.14. The van der Waals surface area contributed by atoms with Gasteiger partial charge in [-0.1, -0.05) is 18.5 Å². The van der Waals surface area contributed by atoms with E-state index in [1.807, 2.05) is 32.4 Å². The van der Waals surface area contributed by atoms with Crippen molar-refractivity contribution < 1.29 is 9.84 Å². The molecule has 0 fully saturated rings. The van der Waals surface area contributed by atoms with Crippen LogP contribution in [0.3, 0.4) is 0 Å². The standard InChI is InChI=1S/C13H23ClN2O2/c1-5-11-13(14)12(16(6-2)15-11)7-10(17)8-18-9(3)4/h9-10,17H,5-8H2,1-4H3. The first-order valence-electron chi connectivity index (χ1n) is 6.53. The first-order chi connectivity index (χ1) is 8.49. The molecule has 1 aromatic heterocycles. The van der Waals surface area contributed by atoms with E-state index in [0.717, 1.165) is 24.4 Å². The fourth-order valence-electron chi connectivity index (χ4n) is 1.80. The van der Waals surface area contributed by atoms with Crippen LogP contribution in [0.4, 0.5) is 0 Å². The minimum atomic E-state index is -0.545. The van der Waals surface area contributed by atoms with Gasteiger partial charge in [0.25, 0.3) is 0 Å². The van der Waals surface area contributed by atoms with E-state index in [1.165, 1.54) is 0 Å². The van der Waals surface area contributed by atoms with Gasteiger partial charge in [0.1, 0.15) is 0 Å². The highest BCUT2D eigenvalue weighted by molar-refractivity contribution is 6.31. The number of hydrogen-bond acceptors (Lipinski definition) is 3. The lowest BCUT2D eigenvalue weighted by atomic mass is 10.2. The van der Waals surface area contributed by atoms with Crippen LogP contribution in [0.25, 0.3) is 0 Å². The molecule has 104 valence electrons. The van der Waals surface area contributed by atoms with Gasteiger partial charge in [0.05, 0.1) is 35.2 Å². The number of aromatic nitrogens is 2.